The van der Waals surface area contributed by atoms with Crippen molar-refractivity contribution in [2.24, 2.45) is 0 Å². The molecule has 88 valence electrons. The fourth-order valence-corrected chi connectivity index (χ4v) is 1.09. The molecule has 0 aliphatic rings. The van der Waals surface area contributed by atoms with Gasteiger partial charge >= 0.3 is 11.9 Å². The summed E-state index contributed by atoms with van der Waals surface area (Å²) in [7, 11) is 0. The number of nitrogens with one attached hydrogen (secondary N) is 1. The normalized spacial score (nSPS) is 10.1. The molecular formula is C10H13NO5. The second-order valence-corrected chi connectivity index (χ2v) is 3.02. The molecule has 0 radical (unpaired) electrons. The Morgan fingerprint density at radius 1 is 1.56 bits per heavy atom. The van der Waals surface area contributed by atoms with E-state index in [2.05, 4.69) is 5.32 Å². The molecule has 0 aliphatic heterocycles. The predicted octanol–water partition coefficient (Wildman–Crippen LogP) is 0.630. The molecule has 2 N–H and O–H groups in total. The van der Waals surface area contributed by atoms with E-state index in [1.54, 1.807) is 6.92 Å². The molecule has 6 nitrogen and oxygen atoms in total. The van der Waals surface area contributed by atoms with Crippen molar-refractivity contribution in [3.8, 4) is 0 Å². The summed E-state index contributed by atoms with van der Waals surface area (Å²) in [4.78, 5) is 21.5. The summed E-state index contributed by atoms with van der Waals surface area (Å²) < 4.78 is 9.67. The van der Waals surface area contributed by atoms with Gasteiger partial charge in [0, 0.05) is 0 Å². The average Bonchev–Trinajstić information content (AvgIpc) is 2.67. The molecule has 0 saturated carbocycles. The molecule has 1 heterocycles. The predicted molar refractivity (Wildman–Crippen MR) is 54.0 cm³/mol. The first-order valence-electron chi connectivity index (χ1n) is 4.80. The Morgan fingerprint density at radius 2 is 2.31 bits per heavy atom. The van der Waals surface area contributed by atoms with Gasteiger partial charge in [-0.1, -0.05) is 0 Å². The molecule has 0 atom stereocenters. The zero-order valence-corrected chi connectivity index (χ0v) is 8.86. The van der Waals surface area contributed by atoms with Crippen LogP contribution in [-0.2, 0) is 16.1 Å². The van der Waals surface area contributed by atoms with E-state index in [0.717, 1.165) is 6.26 Å². The van der Waals surface area contributed by atoms with Crippen LogP contribution in [0.15, 0.2) is 16.7 Å². The molecule has 1 aromatic rings. The maximum absolute atomic E-state index is 10.9. The Kier molecular flexibility index (Phi) is 4.53. The number of hydrogen-bond acceptors (Lipinski definition) is 5. The standard InChI is InChI=1S/C10H13NO5/c1-2-15-9(12)5-11-4-8-3-7(6-16-8)10(13)14/h3,6,11H,2,4-5H2,1H3,(H,13,14). The molecule has 16 heavy (non-hydrogen) atoms. The van der Waals surface area contributed by atoms with E-state index in [9.17, 15) is 9.59 Å². The Labute approximate surface area is 92.2 Å². The Balaban J connectivity index is 2.32. The van der Waals surface area contributed by atoms with Gasteiger partial charge < -0.3 is 14.3 Å². The molecule has 0 amide bonds. The van der Waals surface area contributed by atoms with E-state index in [1.807, 2.05) is 0 Å². The fraction of sp³-hybridized carbons (Fsp3) is 0.400. The van der Waals surface area contributed by atoms with Crippen molar-refractivity contribution in [3.63, 3.8) is 0 Å². The third kappa shape index (κ3) is 3.74. The number of aromatic carboxylic acids is 1. The average molecular weight is 227 g/mol. The monoisotopic (exact) mass is 227 g/mol. The highest BCUT2D eigenvalue weighted by Gasteiger charge is 2.08. The topological polar surface area (TPSA) is 88.8 Å². The van der Waals surface area contributed by atoms with Crippen molar-refractivity contribution in [2.75, 3.05) is 13.2 Å². The minimum atomic E-state index is -1.04. The second kappa shape index (κ2) is 5.92. The van der Waals surface area contributed by atoms with Crippen molar-refractivity contribution in [3.05, 3.63) is 23.7 Å². The van der Waals surface area contributed by atoms with Gasteiger partial charge in [-0.2, -0.15) is 0 Å². The molecule has 0 fully saturated rings. The summed E-state index contributed by atoms with van der Waals surface area (Å²) in [6, 6.07) is 1.40. The summed E-state index contributed by atoms with van der Waals surface area (Å²) in [5, 5.41) is 11.4. The van der Waals surface area contributed by atoms with E-state index < -0.39 is 5.97 Å². The third-order valence-electron chi connectivity index (χ3n) is 1.77. The van der Waals surface area contributed by atoms with Crippen LogP contribution >= 0.6 is 0 Å². The van der Waals surface area contributed by atoms with Crippen LogP contribution in [0.25, 0.3) is 0 Å². The van der Waals surface area contributed by atoms with E-state index in [1.165, 1.54) is 6.07 Å². The minimum absolute atomic E-state index is 0.0664. The number of hydrogen-bond donors (Lipinski definition) is 2. The molecule has 1 aromatic heterocycles. The van der Waals surface area contributed by atoms with Crippen LogP contribution in [0.4, 0.5) is 0 Å². The van der Waals surface area contributed by atoms with Gasteiger partial charge in [-0.05, 0) is 13.0 Å². The molecule has 0 aromatic carbocycles. The smallest absolute Gasteiger partial charge is 0.338 e. The number of esters is 1. The number of rotatable bonds is 6. The summed E-state index contributed by atoms with van der Waals surface area (Å²) in [6.45, 7) is 2.41. The molecule has 0 unspecified atom stereocenters. The number of carboxylic acid groups (broad SMARTS) is 1. The maximum Gasteiger partial charge on any atom is 0.338 e. The number of ether oxygens (including phenoxy) is 1. The Hall–Kier alpha value is -1.82. The van der Waals surface area contributed by atoms with Crippen LogP contribution in [0, 0.1) is 0 Å². The molecule has 0 spiro atoms. The number of furan rings is 1. The zero-order chi connectivity index (χ0) is 12.0. The van der Waals surface area contributed by atoms with Crippen molar-refractivity contribution in [1.82, 2.24) is 5.32 Å². The first kappa shape index (κ1) is 12.3. The van der Waals surface area contributed by atoms with Crippen molar-refractivity contribution >= 4 is 11.9 Å². The van der Waals surface area contributed by atoms with Crippen LogP contribution in [0.1, 0.15) is 23.0 Å². The summed E-state index contributed by atoms with van der Waals surface area (Å²) >= 11 is 0. The Morgan fingerprint density at radius 3 is 2.88 bits per heavy atom. The highest BCUT2D eigenvalue weighted by molar-refractivity contribution is 5.87. The number of carboxylic acids is 1. The number of carbonyl (C=O) groups is 2. The molecular weight excluding hydrogens is 214 g/mol. The quantitative estimate of drug-likeness (QED) is 0.693. The van der Waals surface area contributed by atoms with Gasteiger partial charge in [0.1, 0.15) is 12.0 Å². The van der Waals surface area contributed by atoms with Gasteiger partial charge in [-0.3, -0.25) is 10.1 Å². The maximum atomic E-state index is 10.9. The fourth-order valence-electron chi connectivity index (χ4n) is 1.09. The first-order valence-corrected chi connectivity index (χ1v) is 4.80. The first-order chi connectivity index (χ1) is 7.63. The lowest BCUT2D eigenvalue weighted by Crippen LogP contribution is -2.24. The van der Waals surface area contributed by atoms with E-state index in [4.69, 9.17) is 14.3 Å². The van der Waals surface area contributed by atoms with E-state index >= 15 is 0 Å². The van der Waals surface area contributed by atoms with Gasteiger partial charge in [-0.15, -0.1) is 0 Å². The SMILES string of the molecule is CCOC(=O)CNCc1cc(C(=O)O)co1. The molecule has 0 saturated heterocycles. The van der Waals surface area contributed by atoms with Crippen LogP contribution in [-0.4, -0.2) is 30.2 Å². The van der Waals surface area contributed by atoms with E-state index in [0.29, 0.717) is 12.4 Å². The molecule has 0 aliphatic carbocycles. The third-order valence-corrected chi connectivity index (χ3v) is 1.77. The van der Waals surface area contributed by atoms with Gasteiger partial charge in [0.25, 0.3) is 0 Å². The zero-order valence-electron chi connectivity index (χ0n) is 8.86. The van der Waals surface area contributed by atoms with Gasteiger partial charge in [0.2, 0.25) is 0 Å². The minimum Gasteiger partial charge on any atom is -0.478 e. The summed E-state index contributed by atoms with van der Waals surface area (Å²) in [5.74, 6) is -0.936. The summed E-state index contributed by atoms with van der Waals surface area (Å²) in [5.41, 5.74) is 0.0907. The lowest BCUT2D eigenvalue weighted by molar-refractivity contribution is -0.142. The Bertz CT molecular complexity index is 371. The number of carbonyl (C=O) groups excluding carboxylic acids is 1. The molecule has 0 bridgehead atoms. The van der Waals surface area contributed by atoms with Gasteiger partial charge in [-0.25, -0.2) is 4.79 Å². The highest BCUT2D eigenvalue weighted by Crippen LogP contribution is 2.07. The van der Waals surface area contributed by atoms with Crippen molar-refractivity contribution in [2.45, 2.75) is 13.5 Å². The van der Waals surface area contributed by atoms with Crippen LogP contribution in [0.5, 0.6) is 0 Å². The highest BCUT2D eigenvalue weighted by atomic mass is 16.5. The van der Waals surface area contributed by atoms with Crippen LogP contribution in [0.2, 0.25) is 0 Å². The van der Waals surface area contributed by atoms with Crippen molar-refractivity contribution in [1.29, 1.82) is 0 Å². The lowest BCUT2D eigenvalue weighted by Gasteiger charge is -2.01. The van der Waals surface area contributed by atoms with Crippen LogP contribution < -0.4 is 5.32 Å². The second-order valence-electron chi connectivity index (χ2n) is 3.02. The lowest BCUT2D eigenvalue weighted by atomic mass is 10.3. The van der Waals surface area contributed by atoms with Gasteiger partial charge in [0.05, 0.1) is 25.3 Å². The molecule has 6 heteroatoms. The largest absolute Gasteiger partial charge is 0.478 e. The van der Waals surface area contributed by atoms with Crippen molar-refractivity contribution < 1.29 is 23.8 Å². The molecule has 1 rings (SSSR count). The van der Waals surface area contributed by atoms with Gasteiger partial charge in [0.15, 0.2) is 0 Å². The van der Waals surface area contributed by atoms with E-state index in [-0.39, 0.29) is 24.6 Å². The summed E-state index contributed by atoms with van der Waals surface area (Å²) in [6.07, 6.45) is 1.16. The van der Waals surface area contributed by atoms with Crippen LogP contribution in [0.3, 0.4) is 0 Å².